The van der Waals surface area contributed by atoms with Crippen LogP contribution in [0.3, 0.4) is 0 Å². The van der Waals surface area contributed by atoms with Gasteiger partial charge in [0.1, 0.15) is 11.9 Å². The summed E-state index contributed by atoms with van der Waals surface area (Å²) >= 11 is 0. The van der Waals surface area contributed by atoms with Gasteiger partial charge >= 0.3 is 0 Å². The van der Waals surface area contributed by atoms with Gasteiger partial charge in [-0.1, -0.05) is 0 Å². The van der Waals surface area contributed by atoms with Crippen LogP contribution in [-0.2, 0) is 9.84 Å². The summed E-state index contributed by atoms with van der Waals surface area (Å²) in [5.74, 6) is -0.529. The number of hydrogen-bond acceptors (Lipinski definition) is 4. The summed E-state index contributed by atoms with van der Waals surface area (Å²) < 4.78 is 36.6. The molecule has 0 aromatic heterocycles. The number of hydrogen-bond donors (Lipinski definition) is 0. The lowest BCUT2D eigenvalue weighted by Gasteiger charge is -2.07. The van der Waals surface area contributed by atoms with Crippen LogP contribution in [0.4, 0.5) is 4.39 Å². The van der Waals surface area contributed by atoms with E-state index in [9.17, 15) is 12.8 Å². The zero-order chi connectivity index (χ0) is 13.1. The maximum atomic E-state index is 12.7. The number of nitriles is 1. The van der Waals surface area contributed by atoms with Crippen molar-refractivity contribution in [3.05, 3.63) is 41.2 Å². The third-order valence-electron chi connectivity index (χ3n) is 1.90. The maximum absolute atomic E-state index is 12.7. The van der Waals surface area contributed by atoms with Crippen molar-refractivity contribution in [3.8, 4) is 6.07 Å². The van der Waals surface area contributed by atoms with Crippen molar-refractivity contribution in [3.63, 3.8) is 0 Å². The molecule has 0 spiro atoms. The second-order valence-electron chi connectivity index (χ2n) is 3.53. The maximum Gasteiger partial charge on any atom is 0.218 e. The van der Waals surface area contributed by atoms with E-state index in [2.05, 4.69) is 0 Å². The molecule has 1 aromatic rings. The first-order chi connectivity index (χ1) is 7.87. The van der Waals surface area contributed by atoms with Crippen molar-refractivity contribution >= 4 is 9.84 Å². The molecule has 6 heteroatoms. The van der Waals surface area contributed by atoms with Crippen LogP contribution in [0.25, 0.3) is 0 Å². The molecule has 17 heavy (non-hydrogen) atoms. The SMILES string of the molecule is CN(C)/C=C(\C#N)S(=O)(=O)c1ccc(F)cc1. The van der Waals surface area contributed by atoms with Crippen LogP contribution in [-0.4, -0.2) is 27.4 Å². The molecule has 0 bridgehead atoms. The van der Waals surface area contributed by atoms with Crippen LogP contribution >= 0.6 is 0 Å². The first-order valence-electron chi connectivity index (χ1n) is 4.67. The number of benzene rings is 1. The van der Waals surface area contributed by atoms with Crippen molar-refractivity contribution in [2.45, 2.75) is 4.90 Å². The van der Waals surface area contributed by atoms with E-state index < -0.39 is 15.7 Å². The molecule has 1 rings (SSSR count). The number of nitrogens with zero attached hydrogens (tertiary/aromatic N) is 2. The Balaban J connectivity index is 3.29. The van der Waals surface area contributed by atoms with E-state index in [1.807, 2.05) is 0 Å². The summed E-state index contributed by atoms with van der Waals surface area (Å²) in [5, 5.41) is 8.83. The molecule has 0 aliphatic rings. The van der Waals surface area contributed by atoms with Crippen molar-refractivity contribution in [1.29, 1.82) is 5.26 Å². The Hall–Kier alpha value is -1.87. The zero-order valence-corrected chi connectivity index (χ0v) is 10.2. The average molecular weight is 254 g/mol. The summed E-state index contributed by atoms with van der Waals surface area (Å²) in [4.78, 5) is 0.974. The molecule has 0 saturated heterocycles. The Morgan fingerprint density at radius 2 is 1.88 bits per heavy atom. The first-order valence-corrected chi connectivity index (χ1v) is 6.15. The monoisotopic (exact) mass is 254 g/mol. The molecular weight excluding hydrogens is 243 g/mol. The quantitative estimate of drug-likeness (QED) is 0.606. The molecule has 0 heterocycles. The van der Waals surface area contributed by atoms with E-state index in [1.54, 1.807) is 20.2 Å². The number of sulfone groups is 1. The van der Waals surface area contributed by atoms with Gasteiger partial charge in [-0.25, -0.2) is 12.8 Å². The molecule has 1 aromatic carbocycles. The summed E-state index contributed by atoms with van der Waals surface area (Å²) in [7, 11) is -0.654. The van der Waals surface area contributed by atoms with Gasteiger partial charge in [-0.05, 0) is 24.3 Å². The molecule has 0 saturated carbocycles. The minimum Gasteiger partial charge on any atom is -0.382 e. The zero-order valence-electron chi connectivity index (χ0n) is 9.38. The van der Waals surface area contributed by atoms with Crippen LogP contribution < -0.4 is 0 Å². The second-order valence-corrected chi connectivity index (χ2v) is 5.44. The molecule has 0 radical (unpaired) electrons. The summed E-state index contributed by atoms with van der Waals surface area (Å²) in [6.07, 6.45) is 1.21. The molecule has 0 unspecified atom stereocenters. The number of halogens is 1. The summed E-state index contributed by atoms with van der Waals surface area (Å²) in [5.41, 5.74) is 0. The van der Waals surface area contributed by atoms with Crippen LogP contribution in [0.2, 0.25) is 0 Å². The minimum atomic E-state index is -3.87. The van der Waals surface area contributed by atoms with Gasteiger partial charge in [0, 0.05) is 20.3 Å². The fraction of sp³-hybridized carbons (Fsp3) is 0.182. The highest BCUT2D eigenvalue weighted by molar-refractivity contribution is 7.95. The third-order valence-corrected chi connectivity index (χ3v) is 3.57. The van der Waals surface area contributed by atoms with Crippen LogP contribution in [0.1, 0.15) is 0 Å². The van der Waals surface area contributed by atoms with E-state index in [1.165, 1.54) is 11.1 Å². The van der Waals surface area contributed by atoms with E-state index in [0.717, 1.165) is 24.3 Å². The Labute approximate surface area is 99.5 Å². The van der Waals surface area contributed by atoms with Gasteiger partial charge in [0.15, 0.2) is 4.91 Å². The highest BCUT2D eigenvalue weighted by atomic mass is 32.2. The van der Waals surface area contributed by atoms with Gasteiger partial charge in [-0.15, -0.1) is 0 Å². The Bertz CT molecular complexity index is 568. The van der Waals surface area contributed by atoms with Gasteiger partial charge < -0.3 is 4.90 Å². The molecule has 0 atom stereocenters. The van der Waals surface area contributed by atoms with Gasteiger partial charge in [0.05, 0.1) is 4.90 Å². The summed E-state index contributed by atoms with van der Waals surface area (Å²) in [6.45, 7) is 0. The third kappa shape index (κ3) is 3.04. The van der Waals surface area contributed by atoms with Gasteiger partial charge in [-0.3, -0.25) is 0 Å². The molecule has 0 N–H and O–H groups in total. The van der Waals surface area contributed by atoms with Gasteiger partial charge in [0.2, 0.25) is 9.84 Å². The van der Waals surface area contributed by atoms with Crippen LogP contribution in [0, 0.1) is 17.1 Å². The predicted molar refractivity (Wildman–Crippen MR) is 61.0 cm³/mol. The topological polar surface area (TPSA) is 61.2 Å². The van der Waals surface area contributed by atoms with Gasteiger partial charge in [-0.2, -0.15) is 5.26 Å². The highest BCUT2D eigenvalue weighted by Crippen LogP contribution is 2.19. The second kappa shape index (κ2) is 4.97. The lowest BCUT2D eigenvalue weighted by atomic mass is 10.4. The summed E-state index contributed by atoms with van der Waals surface area (Å²) in [6, 6.07) is 5.96. The number of allylic oxidation sites excluding steroid dienone is 1. The lowest BCUT2D eigenvalue weighted by Crippen LogP contribution is -2.09. The van der Waals surface area contributed by atoms with Crippen molar-refractivity contribution in [2.24, 2.45) is 0 Å². The van der Waals surface area contributed by atoms with Crippen LogP contribution in [0.15, 0.2) is 40.3 Å². The van der Waals surface area contributed by atoms with Crippen molar-refractivity contribution in [2.75, 3.05) is 14.1 Å². The molecule has 90 valence electrons. The van der Waals surface area contributed by atoms with Crippen LogP contribution in [0.5, 0.6) is 0 Å². The highest BCUT2D eigenvalue weighted by Gasteiger charge is 2.20. The van der Waals surface area contributed by atoms with E-state index in [0.29, 0.717) is 0 Å². The molecule has 0 fully saturated rings. The van der Waals surface area contributed by atoms with Crippen molar-refractivity contribution < 1.29 is 12.8 Å². The fourth-order valence-electron chi connectivity index (χ4n) is 1.13. The molecule has 0 aliphatic carbocycles. The molecule has 0 aliphatic heterocycles. The fourth-order valence-corrected chi connectivity index (χ4v) is 2.35. The first kappa shape index (κ1) is 13.2. The van der Waals surface area contributed by atoms with Crippen molar-refractivity contribution in [1.82, 2.24) is 4.90 Å². The normalized spacial score (nSPS) is 12.0. The largest absolute Gasteiger partial charge is 0.382 e. The molecule has 0 amide bonds. The molecular formula is C11H11FN2O2S. The smallest absolute Gasteiger partial charge is 0.218 e. The van der Waals surface area contributed by atoms with E-state index in [-0.39, 0.29) is 9.80 Å². The average Bonchev–Trinajstić information content (AvgIpc) is 2.26. The van der Waals surface area contributed by atoms with E-state index >= 15 is 0 Å². The Kier molecular flexibility index (Phi) is 3.86. The Morgan fingerprint density at radius 1 is 1.35 bits per heavy atom. The molecule has 4 nitrogen and oxygen atoms in total. The number of rotatable bonds is 3. The van der Waals surface area contributed by atoms with Gasteiger partial charge in [0.25, 0.3) is 0 Å². The van der Waals surface area contributed by atoms with E-state index in [4.69, 9.17) is 5.26 Å². The standard InChI is InChI=1S/C11H11FN2O2S/c1-14(2)8-11(7-13)17(15,16)10-5-3-9(12)4-6-10/h3-6,8H,1-2H3/b11-8+. The minimum absolute atomic E-state index is 0.103. The Morgan fingerprint density at radius 3 is 2.29 bits per heavy atom. The lowest BCUT2D eigenvalue weighted by molar-refractivity contribution is 0.559. The predicted octanol–water partition coefficient (Wildman–Crippen LogP) is 1.53.